The summed E-state index contributed by atoms with van der Waals surface area (Å²) in [4.78, 5) is 4.15. The van der Waals surface area contributed by atoms with Crippen LogP contribution in [0.1, 0.15) is 25.4 Å². The van der Waals surface area contributed by atoms with Crippen molar-refractivity contribution in [2.24, 2.45) is 5.73 Å². The van der Waals surface area contributed by atoms with E-state index in [9.17, 15) is 0 Å². The molecule has 0 amide bonds. The van der Waals surface area contributed by atoms with Crippen LogP contribution < -0.4 is 5.73 Å². The fraction of sp³-hybridized carbons (Fsp3) is 0.571. The van der Waals surface area contributed by atoms with Crippen molar-refractivity contribution in [1.29, 1.82) is 0 Å². The van der Waals surface area contributed by atoms with Crippen molar-refractivity contribution < 1.29 is 0 Å². The lowest BCUT2D eigenvalue weighted by molar-refractivity contribution is 0.501. The van der Waals surface area contributed by atoms with Crippen LogP contribution >= 0.6 is 0 Å². The van der Waals surface area contributed by atoms with Gasteiger partial charge in [0, 0.05) is 0 Å². The van der Waals surface area contributed by atoms with E-state index in [0.717, 1.165) is 5.69 Å². The second kappa shape index (κ2) is 2.54. The smallest absolute Gasteiger partial charge is 0.170 e. The summed E-state index contributed by atoms with van der Waals surface area (Å²) in [6, 6.07) is 0. The lowest BCUT2D eigenvalue weighted by Crippen LogP contribution is -2.31. The van der Waals surface area contributed by atoms with Crippen LogP contribution in [0.3, 0.4) is 0 Å². The molecule has 0 aliphatic rings. The highest BCUT2D eigenvalue weighted by Crippen LogP contribution is 2.09. The first-order chi connectivity index (χ1) is 5.00. The standard InChI is InChI=1S/C7H12N4/c1-5-4-9-11-6(10-5)7(2,3)8/h4H,8H2,1-3H3. The summed E-state index contributed by atoms with van der Waals surface area (Å²) < 4.78 is 0. The van der Waals surface area contributed by atoms with Gasteiger partial charge in [-0.25, -0.2) is 4.98 Å². The van der Waals surface area contributed by atoms with Crippen molar-refractivity contribution in [2.45, 2.75) is 26.3 Å². The summed E-state index contributed by atoms with van der Waals surface area (Å²) in [6.45, 7) is 5.57. The van der Waals surface area contributed by atoms with Crippen molar-refractivity contribution in [2.75, 3.05) is 0 Å². The highest BCUT2D eigenvalue weighted by Gasteiger charge is 2.17. The molecule has 60 valence electrons. The van der Waals surface area contributed by atoms with Crippen LogP contribution in [-0.2, 0) is 5.54 Å². The molecule has 11 heavy (non-hydrogen) atoms. The van der Waals surface area contributed by atoms with Crippen molar-refractivity contribution in [3.05, 3.63) is 17.7 Å². The molecule has 4 heteroatoms. The van der Waals surface area contributed by atoms with E-state index in [1.165, 1.54) is 0 Å². The highest BCUT2D eigenvalue weighted by molar-refractivity contribution is 5.01. The maximum atomic E-state index is 5.76. The van der Waals surface area contributed by atoms with E-state index in [1.807, 2.05) is 20.8 Å². The number of nitrogens with two attached hydrogens (primary N) is 1. The summed E-state index contributed by atoms with van der Waals surface area (Å²) in [6.07, 6.45) is 1.61. The summed E-state index contributed by atoms with van der Waals surface area (Å²) in [7, 11) is 0. The topological polar surface area (TPSA) is 64.7 Å². The quantitative estimate of drug-likeness (QED) is 0.631. The molecule has 0 bridgehead atoms. The first-order valence-corrected chi connectivity index (χ1v) is 3.46. The molecule has 0 aliphatic heterocycles. The highest BCUT2D eigenvalue weighted by atomic mass is 15.2. The van der Waals surface area contributed by atoms with Gasteiger partial charge in [0.05, 0.1) is 17.4 Å². The van der Waals surface area contributed by atoms with Crippen molar-refractivity contribution in [3.8, 4) is 0 Å². The van der Waals surface area contributed by atoms with Crippen LogP contribution in [0.2, 0.25) is 0 Å². The molecule has 0 saturated carbocycles. The zero-order chi connectivity index (χ0) is 8.48. The summed E-state index contributed by atoms with van der Waals surface area (Å²) in [5.74, 6) is 0.581. The number of nitrogens with zero attached hydrogens (tertiary/aromatic N) is 3. The molecule has 0 radical (unpaired) electrons. The predicted molar refractivity (Wildman–Crippen MR) is 41.8 cm³/mol. The lowest BCUT2D eigenvalue weighted by atomic mass is 10.1. The fourth-order valence-electron chi connectivity index (χ4n) is 0.658. The predicted octanol–water partition coefficient (Wildman–Crippen LogP) is 0.374. The van der Waals surface area contributed by atoms with Gasteiger partial charge in [0.15, 0.2) is 5.82 Å². The Kier molecular flexibility index (Phi) is 1.87. The number of aromatic nitrogens is 3. The minimum atomic E-state index is -0.501. The Bertz CT molecular complexity index is 251. The van der Waals surface area contributed by atoms with E-state index >= 15 is 0 Å². The van der Waals surface area contributed by atoms with E-state index < -0.39 is 5.54 Å². The third kappa shape index (κ3) is 1.94. The van der Waals surface area contributed by atoms with Crippen LogP contribution in [0.5, 0.6) is 0 Å². The zero-order valence-corrected chi connectivity index (χ0v) is 7.00. The van der Waals surface area contributed by atoms with Crippen LogP contribution in [0.25, 0.3) is 0 Å². The van der Waals surface area contributed by atoms with E-state index in [4.69, 9.17) is 5.73 Å². The zero-order valence-electron chi connectivity index (χ0n) is 7.00. The van der Waals surface area contributed by atoms with Gasteiger partial charge in [-0.1, -0.05) is 0 Å². The third-order valence-electron chi connectivity index (χ3n) is 1.26. The monoisotopic (exact) mass is 152 g/mol. The number of aryl methyl sites for hydroxylation is 1. The van der Waals surface area contributed by atoms with Gasteiger partial charge < -0.3 is 5.73 Å². The van der Waals surface area contributed by atoms with E-state index in [0.29, 0.717) is 5.82 Å². The van der Waals surface area contributed by atoms with Crippen molar-refractivity contribution >= 4 is 0 Å². The Morgan fingerprint density at radius 3 is 2.45 bits per heavy atom. The van der Waals surface area contributed by atoms with Crippen LogP contribution in [0.15, 0.2) is 6.20 Å². The summed E-state index contributed by atoms with van der Waals surface area (Å²) in [5, 5.41) is 7.58. The largest absolute Gasteiger partial charge is 0.319 e. The van der Waals surface area contributed by atoms with Gasteiger partial charge in [0.2, 0.25) is 0 Å². The molecule has 1 heterocycles. The lowest BCUT2D eigenvalue weighted by Gasteiger charge is -2.15. The molecule has 1 aromatic heterocycles. The summed E-state index contributed by atoms with van der Waals surface area (Å²) in [5.41, 5.74) is 6.10. The van der Waals surface area contributed by atoms with Gasteiger partial charge in [0.25, 0.3) is 0 Å². The van der Waals surface area contributed by atoms with Crippen LogP contribution in [0, 0.1) is 6.92 Å². The fourth-order valence-corrected chi connectivity index (χ4v) is 0.658. The SMILES string of the molecule is Cc1cnnc(C(C)(C)N)n1. The Morgan fingerprint density at radius 1 is 1.45 bits per heavy atom. The molecule has 0 spiro atoms. The molecule has 4 nitrogen and oxygen atoms in total. The van der Waals surface area contributed by atoms with E-state index in [1.54, 1.807) is 6.20 Å². The second-order valence-corrected chi connectivity index (χ2v) is 3.14. The van der Waals surface area contributed by atoms with E-state index in [-0.39, 0.29) is 0 Å². The maximum Gasteiger partial charge on any atom is 0.170 e. The summed E-state index contributed by atoms with van der Waals surface area (Å²) >= 11 is 0. The molecule has 1 aromatic rings. The van der Waals surface area contributed by atoms with Gasteiger partial charge in [-0.2, -0.15) is 5.10 Å². The Labute approximate surface area is 65.9 Å². The van der Waals surface area contributed by atoms with E-state index in [2.05, 4.69) is 15.2 Å². The number of rotatable bonds is 1. The molecule has 2 N–H and O–H groups in total. The van der Waals surface area contributed by atoms with Gasteiger partial charge >= 0.3 is 0 Å². The average Bonchev–Trinajstić information content (AvgIpc) is 1.86. The van der Waals surface area contributed by atoms with Crippen LogP contribution in [-0.4, -0.2) is 15.2 Å². The van der Waals surface area contributed by atoms with Gasteiger partial charge in [-0.05, 0) is 20.8 Å². The minimum Gasteiger partial charge on any atom is -0.319 e. The molecule has 1 rings (SSSR count). The number of hydrogen-bond acceptors (Lipinski definition) is 4. The molecule has 0 aliphatic carbocycles. The molecular weight excluding hydrogens is 140 g/mol. The average molecular weight is 152 g/mol. The third-order valence-corrected chi connectivity index (χ3v) is 1.26. The minimum absolute atomic E-state index is 0.501. The molecule has 0 fully saturated rings. The van der Waals surface area contributed by atoms with Gasteiger partial charge in [-0.15, -0.1) is 5.10 Å². The van der Waals surface area contributed by atoms with Gasteiger partial charge in [0.1, 0.15) is 0 Å². The Morgan fingerprint density at radius 2 is 2.09 bits per heavy atom. The molecule has 0 saturated heterocycles. The second-order valence-electron chi connectivity index (χ2n) is 3.14. The Balaban J connectivity index is 3.06. The Hall–Kier alpha value is -1.03. The first-order valence-electron chi connectivity index (χ1n) is 3.46. The molecule has 0 atom stereocenters. The molecule has 0 unspecified atom stereocenters. The van der Waals surface area contributed by atoms with Gasteiger partial charge in [-0.3, -0.25) is 0 Å². The normalized spacial score (nSPS) is 11.6. The first kappa shape index (κ1) is 8.07. The van der Waals surface area contributed by atoms with Crippen LogP contribution in [0.4, 0.5) is 0 Å². The molecule has 0 aromatic carbocycles. The maximum absolute atomic E-state index is 5.76. The van der Waals surface area contributed by atoms with Crippen molar-refractivity contribution in [1.82, 2.24) is 15.2 Å². The molecular formula is C7H12N4. The number of hydrogen-bond donors (Lipinski definition) is 1. The van der Waals surface area contributed by atoms with Crippen molar-refractivity contribution in [3.63, 3.8) is 0 Å².